The van der Waals surface area contributed by atoms with Gasteiger partial charge < -0.3 is 10.6 Å². The molecule has 1 aliphatic rings. The lowest BCUT2D eigenvalue weighted by Gasteiger charge is -2.39. The third kappa shape index (κ3) is 4.06. The molecule has 1 aliphatic heterocycles. The van der Waals surface area contributed by atoms with Gasteiger partial charge in [-0.2, -0.15) is 0 Å². The molecule has 16 heavy (non-hydrogen) atoms. The molecule has 0 saturated carbocycles. The third-order valence-electron chi connectivity index (χ3n) is 4.27. The normalized spacial score (nSPS) is 22.3. The van der Waals surface area contributed by atoms with Gasteiger partial charge >= 0.3 is 0 Å². The molecule has 0 aromatic heterocycles. The Balaban J connectivity index is 2.32. The highest BCUT2D eigenvalue weighted by Crippen LogP contribution is 2.26. The highest BCUT2D eigenvalue weighted by molar-refractivity contribution is 4.83. The number of piperidine rings is 1. The first-order valence-electron chi connectivity index (χ1n) is 6.93. The molecule has 1 fully saturated rings. The SMILES string of the molecule is CCCC1CCN(CC(C)(C)C(C)N)CC1. The number of hydrogen-bond donors (Lipinski definition) is 1. The van der Waals surface area contributed by atoms with Crippen molar-refractivity contribution in [3.63, 3.8) is 0 Å². The number of hydrogen-bond acceptors (Lipinski definition) is 2. The largest absolute Gasteiger partial charge is 0.327 e. The minimum atomic E-state index is 0.248. The lowest BCUT2D eigenvalue weighted by atomic mass is 9.84. The Morgan fingerprint density at radius 1 is 1.31 bits per heavy atom. The molecule has 0 amide bonds. The summed E-state index contributed by atoms with van der Waals surface area (Å²) in [6.45, 7) is 12.7. The van der Waals surface area contributed by atoms with E-state index in [0.29, 0.717) is 0 Å². The highest BCUT2D eigenvalue weighted by atomic mass is 15.1. The van der Waals surface area contributed by atoms with Crippen LogP contribution in [0.15, 0.2) is 0 Å². The first kappa shape index (κ1) is 14.0. The Kier molecular flexibility index (Phi) is 5.26. The average molecular weight is 226 g/mol. The molecule has 0 bridgehead atoms. The van der Waals surface area contributed by atoms with Crippen molar-refractivity contribution in [1.29, 1.82) is 0 Å². The van der Waals surface area contributed by atoms with E-state index in [4.69, 9.17) is 5.73 Å². The second-order valence-corrected chi connectivity index (χ2v) is 6.29. The topological polar surface area (TPSA) is 29.3 Å². The number of rotatable bonds is 5. The fraction of sp³-hybridized carbons (Fsp3) is 1.00. The van der Waals surface area contributed by atoms with E-state index >= 15 is 0 Å². The summed E-state index contributed by atoms with van der Waals surface area (Å²) in [4.78, 5) is 2.61. The van der Waals surface area contributed by atoms with Gasteiger partial charge in [-0.05, 0) is 44.2 Å². The lowest BCUT2D eigenvalue weighted by molar-refractivity contribution is 0.113. The molecule has 0 aromatic rings. The molecule has 0 aliphatic carbocycles. The maximum Gasteiger partial charge on any atom is 0.00739 e. The van der Waals surface area contributed by atoms with Gasteiger partial charge in [0.05, 0.1) is 0 Å². The number of nitrogens with two attached hydrogens (primary N) is 1. The molecule has 1 saturated heterocycles. The molecule has 0 radical (unpaired) electrons. The summed E-state index contributed by atoms with van der Waals surface area (Å²) < 4.78 is 0. The third-order valence-corrected chi connectivity index (χ3v) is 4.27. The van der Waals surface area contributed by atoms with Gasteiger partial charge in [0.25, 0.3) is 0 Å². The van der Waals surface area contributed by atoms with Crippen LogP contribution in [0.2, 0.25) is 0 Å². The molecule has 2 heteroatoms. The first-order valence-corrected chi connectivity index (χ1v) is 6.93. The van der Waals surface area contributed by atoms with E-state index in [0.717, 1.165) is 12.5 Å². The summed E-state index contributed by atoms with van der Waals surface area (Å²) in [6, 6.07) is 0.279. The van der Waals surface area contributed by atoms with Crippen LogP contribution < -0.4 is 5.73 Å². The zero-order valence-corrected chi connectivity index (χ0v) is 11.6. The van der Waals surface area contributed by atoms with Crippen molar-refractivity contribution in [3.05, 3.63) is 0 Å². The van der Waals surface area contributed by atoms with Gasteiger partial charge in [0.2, 0.25) is 0 Å². The summed E-state index contributed by atoms with van der Waals surface area (Å²) in [7, 11) is 0. The van der Waals surface area contributed by atoms with E-state index in [1.54, 1.807) is 0 Å². The van der Waals surface area contributed by atoms with Crippen LogP contribution in [0.4, 0.5) is 0 Å². The summed E-state index contributed by atoms with van der Waals surface area (Å²) in [5, 5.41) is 0. The molecule has 1 heterocycles. The minimum Gasteiger partial charge on any atom is -0.327 e. The van der Waals surface area contributed by atoms with Crippen LogP contribution in [0.3, 0.4) is 0 Å². The maximum atomic E-state index is 6.04. The fourth-order valence-electron chi connectivity index (χ4n) is 2.56. The first-order chi connectivity index (χ1) is 7.45. The molecular formula is C14H30N2. The van der Waals surface area contributed by atoms with Gasteiger partial charge in [-0.25, -0.2) is 0 Å². The van der Waals surface area contributed by atoms with Gasteiger partial charge in [0, 0.05) is 12.6 Å². The summed E-state index contributed by atoms with van der Waals surface area (Å²) in [6.07, 6.45) is 5.55. The zero-order valence-electron chi connectivity index (χ0n) is 11.6. The average Bonchev–Trinajstić information content (AvgIpc) is 2.21. The second-order valence-electron chi connectivity index (χ2n) is 6.29. The predicted octanol–water partition coefficient (Wildman–Crippen LogP) is 2.87. The summed E-state index contributed by atoms with van der Waals surface area (Å²) in [5.41, 5.74) is 6.28. The number of nitrogens with zero attached hydrogens (tertiary/aromatic N) is 1. The van der Waals surface area contributed by atoms with Crippen molar-refractivity contribution >= 4 is 0 Å². The van der Waals surface area contributed by atoms with Crippen LogP contribution in [0.5, 0.6) is 0 Å². The molecule has 1 atom stereocenters. The van der Waals surface area contributed by atoms with Crippen molar-refractivity contribution in [1.82, 2.24) is 4.90 Å². The van der Waals surface area contributed by atoms with E-state index < -0.39 is 0 Å². The second kappa shape index (κ2) is 6.02. The number of likely N-dealkylation sites (tertiary alicyclic amines) is 1. The highest BCUT2D eigenvalue weighted by Gasteiger charge is 2.28. The van der Waals surface area contributed by atoms with Crippen molar-refractivity contribution in [2.24, 2.45) is 17.1 Å². The minimum absolute atomic E-state index is 0.248. The molecule has 96 valence electrons. The van der Waals surface area contributed by atoms with Gasteiger partial charge in [-0.3, -0.25) is 0 Å². The molecule has 1 unspecified atom stereocenters. The van der Waals surface area contributed by atoms with Crippen molar-refractivity contribution in [2.45, 2.75) is 59.4 Å². The van der Waals surface area contributed by atoms with Crippen molar-refractivity contribution in [3.8, 4) is 0 Å². The molecule has 2 N–H and O–H groups in total. The standard InChI is InChI=1S/C14H30N2/c1-5-6-13-7-9-16(10-8-13)11-14(3,4)12(2)15/h12-13H,5-11,15H2,1-4H3. The Morgan fingerprint density at radius 2 is 1.88 bits per heavy atom. The van der Waals surface area contributed by atoms with Crippen LogP contribution in [0.1, 0.15) is 53.4 Å². The van der Waals surface area contributed by atoms with Crippen LogP contribution in [0, 0.1) is 11.3 Å². The van der Waals surface area contributed by atoms with E-state index in [2.05, 4.69) is 32.6 Å². The molecular weight excluding hydrogens is 196 g/mol. The van der Waals surface area contributed by atoms with Crippen LogP contribution in [0.25, 0.3) is 0 Å². The van der Waals surface area contributed by atoms with Gasteiger partial charge in [0.1, 0.15) is 0 Å². The van der Waals surface area contributed by atoms with Crippen LogP contribution in [-0.2, 0) is 0 Å². The summed E-state index contributed by atoms with van der Waals surface area (Å²) >= 11 is 0. The van der Waals surface area contributed by atoms with Gasteiger partial charge in [-0.1, -0.05) is 33.6 Å². The predicted molar refractivity (Wildman–Crippen MR) is 71.5 cm³/mol. The maximum absolute atomic E-state index is 6.04. The van der Waals surface area contributed by atoms with Gasteiger partial charge in [0.15, 0.2) is 0 Å². The zero-order chi connectivity index (χ0) is 12.2. The quantitative estimate of drug-likeness (QED) is 0.781. The molecule has 2 nitrogen and oxygen atoms in total. The van der Waals surface area contributed by atoms with Gasteiger partial charge in [-0.15, -0.1) is 0 Å². The summed E-state index contributed by atoms with van der Waals surface area (Å²) in [5.74, 6) is 0.986. The molecule has 0 aromatic carbocycles. The monoisotopic (exact) mass is 226 g/mol. The fourth-order valence-corrected chi connectivity index (χ4v) is 2.56. The van der Waals surface area contributed by atoms with Crippen molar-refractivity contribution < 1.29 is 0 Å². The molecule has 0 spiro atoms. The van der Waals surface area contributed by atoms with E-state index in [1.807, 2.05) is 0 Å². The Hall–Kier alpha value is -0.0800. The smallest absolute Gasteiger partial charge is 0.00739 e. The molecule has 1 rings (SSSR count). The van der Waals surface area contributed by atoms with E-state index in [1.165, 1.54) is 38.8 Å². The Morgan fingerprint density at radius 3 is 2.31 bits per heavy atom. The van der Waals surface area contributed by atoms with Crippen LogP contribution >= 0.6 is 0 Å². The van der Waals surface area contributed by atoms with Crippen LogP contribution in [-0.4, -0.2) is 30.6 Å². The Labute approximate surface area is 102 Å². The lowest BCUT2D eigenvalue weighted by Crippen LogP contribution is -2.46. The Bertz CT molecular complexity index is 191. The van der Waals surface area contributed by atoms with E-state index in [-0.39, 0.29) is 11.5 Å². The van der Waals surface area contributed by atoms with E-state index in [9.17, 15) is 0 Å². The van der Waals surface area contributed by atoms with Crippen molar-refractivity contribution in [2.75, 3.05) is 19.6 Å².